The number of thioether (sulfide) groups is 1. The Morgan fingerprint density at radius 2 is 1.68 bits per heavy atom. The Labute approximate surface area is 239 Å². The van der Waals surface area contributed by atoms with E-state index in [1.165, 1.54) is 40.7 Å². The molecule has 0 bridgehead atoms. The molecule has 2 aromatic rings. The highest BCUT2D eigenvalue weighted by Crippen LogP contribution is 2.25. The highest BCUT2D eigenvalue weighted by atomic mass is 32.2. The number of allylic oxidation sites excluding steroid dienone is 10. The summed E-state index contributed by atoms with van der Waals surface area (Å²) in [5.41, 5.74) is 7.49. The predicted molar refractivity (Wildman–Crippen MR) is 179 cm³/mol. The van der Waals surface area contributed by atoms with Gasteiger partial charge in [0.15, 0.2) is 0 Å². The molecule has 2 rings (SSSR count). The first-order valence-electron chi connectivity index (χ1n) is 13.8. The number of rotatable bonds is 12. The van der Waals surface area contributed by atoms with Crippen molar-refractivity contribution in [3.05, 3.63) is 150 Å². The first-order chi connectivity index (χ1) is 18.5. The molecule has 0 saturated carbocycles. The van der Waals surface area contributed by atoms with Gasteiger partial charge in [-0.05, 0) is 73.8 Å². The third-order valence-corrected chi connectivity index (χ3v) is 6.60. The molecule has 1 unspecified atom stereocenters. The number of hydrogen-bond acceptors (Lipinski definition) is 1. The minimum Gasteiger partial charge on any atom is -0.153 e. The van der Waals surface area contributed by atoms with Gasteiger partial charge >= 0.3 is 0 Å². The van der Waals surface area contributed by atoms with Crippen molar-refractivity contribution in [2.45, 2.75) is 66.1 Å². The molecule has 0 aliphatic heterocycles. The summed E-state index contributed by atoms with van der Waals surface area (Å²) < 4.78 is 0. The summed E-state index contributed by atoms with van der Waals surface area (Å²) in [6, 6.07) is 19.2. The van der Waals surface area contributed by atoms with Crippen LogP contribution in [0.4, 0.5) is 0 Å². The number of hydrogen-bond donors (Lipinski definition) is 0. The molecular formula is C37H50S. The molecule has 0 saturated heterocycles. The van der Waals surface area contributed by atoms with E-state index in [2.05, 4.69) is 106 Å². The fourth-order valence-electron chi connectivity index (χ4n) is 3.49. The van der Waals surface area contributed by atoms with Crippen LogP contribution in [0.2, 0.25) is 0 Å². The smallest absolute Gasteiger partial charge is 0.0477 e. The van der Waals surface area contributed by atoms with Crippen molar-refractivity contribution in [1.29, 1.82) is 0 Å². The summed E-state index contributed by atoms with van der Waals surface area (Å²) in [5, 5.41) is 0.258. The zero-order chi connectivity index (χ0) is 28.6. The third kappa shape index (κ3) is 14.6. The van der Waals surface area contributed by atoms with E-state index in [1.54, 1.807) is 0 Å². The van der Waals surface area contributed by atoms with Gasteiger partial charge in [-0.25, -0.2) is 0 Å². The zero-order valence-corrected chi connectivity index (χ0v) is 25.7. The lowest BCUT2D eigenvalue weighted by atomic mass is 9.97. The largest absolute Gasteiger partial charge is 0.153 e. The van der Waals surface area contributed by atoms with Crippen molar-refractivity contribution in [3.8, 4) is 0 Å². The van der Waals surface area contributed by atoms with Crippen molar-refractivity contribution >= 4 is 17.3 Å². The van der Waals surface area contributed by atoms with E-state index in [4.69, 9.17) is 0 Å². The third-order valence-electron chi connectivity index (χ3n) is 5.66. The van der Waals surface area contributed by atoms with Crippen molar-refractivity contribution in [3.63, 3.8) is 0 Å². The molecule has 0 amide bonds. The van der Waals surface area contributed by atoms with E-state index in [-0.39, 0.29) is 5.25 Å². The lowest BCUT2D eigenvalue weighted by Gasteiger charge is -2.12. The Hall–Kier alpha value is -3.03. The van der Waals surface area contributed by atoms with Gasteiger partial charge in [0.2, 0.25) is 0 Å². The second-order valence-electron chi connectivity index (χ2n) is 8.46. The average Bonchev–Trinajstić information content (AvgIpc) is 2.97. The monoisotopic (exact) mass is 526 g/mol. The summed E-state index contributed by atoms with van der Waals surface area (Å²) in [6.07, 6.45) is 24.6. The minimum absolute atomic E-state index is 0.258. The summed E-state index contributed by atoms with van der Waals surface area (Å²) in [5.74, 6) is 0. The lowest BCUT2D eigenvalue weighted by Crippen LogP contribution is -2.00. The number of aryl methyl sites for hydroxylation is 2. The van der Waals surface area contributed by atoms with Crippen molar-refractivity contribution in [1.82, 2.24) is 0 Å². The Balaban J connectivity index is 0.00000129. The van der Waals surface area contributed by atoms with Crippen LogP contribution in [0.25, 0.3) is 5.57 Å². The molecule has 0 nitrogen and oxygen atoms in total. The summed E-state index contributed by atoms with van der Waals surface area (Å²) in [7, 11) is 0. The molecule has 0 aliphatic carbocycles. The molecule has 0 heterocycles. The van der Waals surface area contributed by atoms with Gasteiger partial charge in [-0.2, -0.15) is 11.8 Å². The van der Waals surface area contributed by atoms with Gasteiger partial charge in [0, 0.05) is 5.25 Å². The molecule has 1 heteroatoms. The van der Waals surface area contributed by atoms with Crippen LogP contribution < -0.4 is 0 Å². The maximum Gasteiger partial charge on any atom is 0.0477 e. The Kier molecular flexibility index (Phi) is 21.3. The standard InChI is InChI=1S/C28H36S.C7H8.C2H6/c1-7-12-15-24-16-14-18-26(22-24)27(21-23(9-3)10-4)19-20-28(29-6)25(11-5)17-13-8-2;1-7-5-3-2-4-6-7;1-2/h8-11,13-14,16-22,28H,3,5,7,12,15H2,1-2,4,6H3;2-6H,1H3;1-2H3/b13-8-,20-19-,23-10+,25-17+,27-21+;;. The number of unbranched alkanes of at least 4 members (excludes halogenated alkanes) is 1. The molecule has 2 aromatic carbocycles. The highest BCUT2D eigenvalue weighted by molar-refractivity contribution is 7.99. The molecular weight excluding hydrogens is 476 g/mol. The van der Waals surface area contributed by atoms with Gasteiger partial charge in [0.25, 0.3) is 0 Å². The van der Waals surface area contributed by atoms with Crippen LogP contribution in [-0.4, -0.2) is 11.5 Å². The molecule has 204 valence electrons. The fraction of sp³-hybridized carbons (Fsp3) is 0.297. The van der Waals surface area contributed by atoms with E-state index < -0.39 is 0 Å². The second-order valence-corrected chi connectivity index (χ2v) is 9.44. The Bertz CT molecular complexity index is 1060. The van der Waals surface area contributed by atoms with E-state index in [0.717, 1.165) is 12.0 Å². The first-order valence-corrected chi connectivity index (χ1v) is 15.1. The van der Waals surface area contributed by atoms with E-state index in [0.29, 0.717) is 0 Å². The minimum atomic E-state index is 0.258. The molecule has 0 aromatic heterocycles. The van der Waals surface area contributed by atoms with Crippen LogP contribution in [0.3, 0.4) is 0 Å². The fourth-order valence-corrected chi connectivity index (χ4v) is 4.17. The average molecular weight is 527 g/mol. The molecule has 0 fully saturated rings. The normalized spacial score (nSPS) is 12.9. The van der Waals surface area contributed by atoms with Crippen molar-refractivity contribution in [2.24, 2.45) is 0 Å². The van der Waals surface area contributed by atoms with Crippen LogP contribution >= 0.6 is 11.8 Å². The van der Waals surface area contributed by atoms with Gasteiger partial charge in [0.05, 0.1) is 0 Å². The van der Waals surface area contributed by atoms with Gasteiger partial charge in [-0.3, -0.25) is 0 Å². The van der Waals surface area contributed by atoms with Gasteiger partial charge < -0.3 is 0 Å². The van der Waals surface area contributed by atoms with Crippen molar-refractivity contribution < 1.29 is 0 Å². The zero-order valence-electron chi connectivity index (χ0n) is 24.9. The summed E-state index contributed by atoms with van der Waals surface area (Å²) in [6.45, 7) is 20.3. The molecule has 0 radical (unpaired) electrons. The van der Waals surface area contributed by atoms with Crippen molar-refractivity contribution in [2.75, 3.05) is 6.26 Å². The quantitative estimate of drug-likeness (QED) is 0.248. The molecule has 38 heavy (non-hydrogen) atoms. The van der Waals surface area contributed by atoms with E-state index in [1.807, 2.05) is 75.9 Å². The maximum atomic E-state index is 4.00. The van der Waals surface area contributed by atoms with Crippen LogP contribution in [0.5, 0.6) is 0 Å². The van der Waals surface area contributed by atoms with Crippen LogP contribution in [-0.2, 0) is 6.42 Å². The number of benzene rings is 2. The topological polar surface area (TPSA) is 0 Å². The predicted octanol–water partition coefficient (Wildman–Crippen LogP) is 11.5. The van der Waals surface area contributed by atoms with Crippen LogP contribution in [0, 0.1) is 6.92 Å². The highest BCUT2D eigenvalue weighted by Gasteiger charge is 2.07. The second kappa shape index (κ2) is 23.1. The summed E-state index contributed by atoms with van der Waals surface area (Å²) >= 11 is 1.81. The van der Waals surface area contributed by atoms with Crippen LogP contribution in [0.1, 0.15) is 64.2 Å². The van der Waals surface area contributed by atoms with Crippen LogP contribution in [0.15, 0.2) is 134 Å². The molecule has 0 spiro atoms. The van der Waals surface area contributed by atoms with E-state index in [9.17, 15) is 0 Å². The Morgan fingerprint density at radius 1 is 0.974 bits per heavy atom. The van der Waals surface area contributed by atoms with Gasteiger partial charge in [-0.15, -0.1) is 0 Å². The first kappa shape index (κ1) is 35.0. The lowest BCUT2D eigenvalue weighted by molar-refractivity contribution is 0.795. The van der Waals surface area contributed by atoms with Gasteiger partial charge in [0.1, 0.15) is 0 Å². The SMILES string of the molecule is C=CC(=C\C)/C=C(\C=C/C(SC)/C(C=C)=C/C=C\C)c1cccc(CCCC)c1.CC.Cc1ccccc1. The summed E-state index contributed by atoms with van der Waals surface area (Å²) in [4.78, 5) is 0. The van der Waals surface area contributed by atoms with Gasteiger partial charge in [-0.1, -0.05) is 149 Å². The molecule has 1 atom stereocenters. The maximum absolute atomic E-state index is 4.00. The van der Waals surface area contributed by atoms with E-state index >= 15 is 0 Å². The molecule has 0 N–H and O–H groups in total. The Morgan fingerprint density at radius 3 is 2.18 bits per heavy atom. The molecule has 0 aliphatic rings.